The standard InChI is InChI=1S/C29H46O3S/c1-6-29(32,7-2)14-8-16-33-19(3)23-11-12-24-22-10-9-20-17-21(30)18-26(31)28(20,5)25(22)13-15-27(23,24)4/h9-11,19,21,24-26,30-32H,6-8,12-18H2,1-5H3/t19?,21?,24-,25-,26?,27+,28-/m0/s1. The molecule has 186 valence electrons. The van der Waals surface area contributed by atoms with Gasteiger partial charge in [-0.3, -0.25) is 0 Å². The molecule has 4 aliphatic rings. The summed E-state index contributed by atoms with van der Waals surface area (Å²) in [6, 6.07) is 0. The van der Waals surface area contributed by atoms with Gasteiger partial charge in [-0.25, -0.2) is 0 Å². The van der Waals surface area contributed by atoms with Crippen molar-refractivity contribution in [2.75, 3.05) is 5.75 Å². The summed E-state index contributed by atoms with van der Waals surface area (Å²) in [4.78, 5) is 0. The Morgan fingerprint density at radius 1 is 1.15 bits per heavy atom. The summed E-state index contributed by atoms with van der Waals surface area (Å²) in [5.74, 6) is 2.04. The van der Waals surface area contributed by atoms with Crippen LogP contribution in [0.3, 0.4) is 0 Å². The molecular weight excluding hydrogens is 428 g/mol. The van der Waals surface area contributed by atoms with E-state index in [2.05, 4.69) is 64.6 Å². The molecule has 2 saturated carbocycles. The number of fused-ring (bicyclic) bond motifs is 5. The predicted octanol–water partition coefficient (Wildman–Crippen LogP) is 6.19. The Labute approximate surface area is 205 Å². The molecule has 0 bridgehead atoms. The number of hydrogen-bond acceptors (Lipinski definition) is 4. The fraction of sp³-hybridized carbons (Fsp3) is 0.793. The minimum absolute atomic E-state index is 0.211. The number of hydrogen-bond donors (Lipinski definition) is 3. The van der Waals surface area contributed by atoms with E-state index in [4.69, 9.17) is 0 Å². The number of thioether (sulfide) groups is 1. The number of rotatable bonds is 8. The van der Waals surface area contributed by atoms with Gasteiger partial charge in [-0.1, -0.05) is 62.6 Å². The lowest BCUT2D eigenvalue weighted by molar-refractivity contribution is -0.0489. The third kappa shape index (κ3) is 4.32. The molecule has 33 heavy (non-hydrogen) atoms. The van der Waals surface area contributed by atoms with Crippen molar-refractivity contribution in [3.8, 4) is 0 Å². The third-order valence-corrected chi connectivity index (χ3v) is 11.5. The quantitative estimate of drug-likeness (QED) is 0.290. The molecule has 0 aromatic rings. The highest BCUT2D eigenvalue weighted by molar-refractivity contribution is 8.00. The van der Waals surface area contributed by atoms with Gasteiger partial charge in [0.2, 0.25) is 0 Å². The molecule has 3 N–H and O–H groups in total. The van der Waals surface area contributed by atoms with Crippen molar-refractivity contribution in [3.63, 3.8) is 0 Å². The van der Waals surface area contributed by atoms with Gasteiger partial charge in [0.25, 0.3) is 0 Å². The molecule has 7 atom stereocenters. The molecule has 0 aromatic heterocycles. The van der Waals surface area contributed by atoms with E-state index in [9.17, 15) is 15.3 Å². The Balaban J connectivity index is 1.44. The van der Waals surface area contributed by atoms with Crippen LogP contribution in [0.5, 0.6) is 0 Å². The lowest BCUT2D eigenvalue weighted by atomic mass is 9.50. The minimum atomic E-state index is -0.485. The molecule has 4 rings (SSSR count). The lowest BCUT2D eigenvalue weighted by Crippen LogP contribution is -2.52. The van der Waals surface area contributed by atoms with Gasteiger partial charge in [0.1, 0.15) is 0 Å². The van der Waals surface area contributed by atoms with Gasteiger partial charge >= 0.3 is 0 Å². The molecule has 4 heteroatoms. The summed E-state index contributed by atoms with van der Waals surface area (Å²) in [6.45, 7) is 11.3. The second-order valence-corrected chi connectivity index (χ2v) is 13.2. The number of aliphatic hydroxyl groups is 3. The van der Waals surface area contributed by atoms with Crippen LogP contribution in [0.1, 0.15) is 92.4 Å². The van der Waals surface area contributed by atoms with E-state index < -0.39 is 17.8 Å². The fourth-order valence-electron chi connectivity index (χ4n) is 7.65. The summed E-state index contributed by atoms with van der Waals surface area (Å²) in [5.41, 5.74) is 3.93. The molecule has 3 nitrogen and oxygen atoms in total. The zero-order valence-corrected chi connectivity index (χ0v) is 22.3. The normalized spacial score (nSPS) is 39.1. The van der Waals surface area contributed by atoms with Gasteiger partial charge < -0.3 is 15.3 Å². The zero-order valence-electron chi connectivity index (χ0n) is 21.4. The summed E-state index contributed by atoms with van der Waals surface area (Å²) in [7, 11) is 0. The molecule has 0 aromatic carbocycles. The first-order chi connectivity index (χ1) is 15.6. The molecule has 2 fully saturated rings. The zero-order chi connectivity index (χ0) is 24.0. The van der Waals surface area contributed by atoms with E-state index in [1.54, 1.807) is 11.1 Å². The average molecular weight is 475 g/mol. The minimum Gasteiger partial charge on any atom is -0.393 e. The predicted molar refractivity (Wildman–Crippen MR) is 139 cm³/mol. The van der Waals surface area contributed by atoms with E-state index in [1.165, 1.54) is 12.0 Å². The van der Waals surface area contributed by atoms with Gasteiger partial charge in [-0.05, 0) is 81.3 Å². The Bertz CT molecular complexity index is 825. The topological polar surface area (TPSA) is 60.7 Å². The van der Waals surface area contributed by atoms with E-state index in [1.807, 2.05) is 0 Å². The third-order valence-electron chi connectivity index (χ3n) is 10.2. The van der Waals surface area contributed by atoms with E-state index >= 15 is 0 Å². The Morgan fingerprint density at radius 2 is 1.88 bits per heavy atom. The van der Waals surface area contributed by atoms with Crippen molar-refractivity contribution in [3.05, 3.63) is 34.9 Å². The van der Waals surface area contributed by atoms with Crippen LogP contribution < -0.4 is 0 Å². The maximum Gasteiger partial charge on any atom is 0.0661 e. The first-order valence-electron chi connectivity index (χ1n) is 13.4. The molecule has 0 spiro atoms. The summed E-state index contributed by atoms with van der Waals surface area (Å²) in [5, 5.41) is 32.4. The highest BCUT2D eigenvalue weighted by atomic mass is 32.2. The molecule has 0 heterocycles. The highest BCUT2D eigenvalue weighted by Crippen LogP contribution is 2.64. The van der Waals surface area contributed by atoms with Crippen molar-refractivity contribution >= 4 is 11.8 Å². The Hall–Kier alpha value is -0.550. The second kappa shape index (κ2) is 9.48. The lowest BCUT2D eigenvalue weighted by Gasteiger charge is -2.56. The van der Waals surface area contributed by atoms with Crippen LogP contribution in [0.2, 0.25) is 0 Å². The van der Waals surface area contributed by atoms with E-state index in [0.717, 1.165) is 44.3 Å². The maximum absolute atomic E-state index is 11.1. The number of aliphatic hydroxyl groups excluding tert-OH is 2. The highest BCUT2D eigenvalue weighted by Gasteiger charge is 2.57. The van der Waals surface area contributed by atoms with Crippen LogP contribution in [-0.2, 0) is 0 Å². The van der Waals surface area contributed by atoms with Crippen LogP contribution in [-0.4, -0.2) is 44.1 Å². The van der Waals surface area contributed by atoms with Crippen molar-refractivity contribution < 1.29 is 15.3 Å². The SMILES string of the molecule is CCC(O)(CC)CCCSC(C)C1=CC[C@H]2C3=CC=C4CC(O)CC(O)[C@]4(C)[C@H]3CC[C@]12C. The summed E-state index contributed by atoms with van der Waals surface area (Å²) in [6.07, 6.45) is 14.5. The first kappa shape index (κ1) is 25.5. The van der Waals surface area contributed by atoms with E-state index in [-0.39, 0.29) is 10.8 Å². The van der Waals surface area contributed by atoms with Crippen LogP contribution >= 0.6 is 11.8 Å². The first-order valence-corrected chi connectivity index (χ1v) is 14.5. The molecule has 0 aliphatic heterocycles. The Kier molecular flexibility index (Phi) is 7.34. The molecular formula is C29H46O3S. The van der Waals surface area contributed by atoms with Crippen LogP contribution in [0.4, 0.5) is 0 Å². The van der Waals surface area contributed by atoms with Crippen molar-refractivity contribution in [1.29, 1.82) is 0 Å². The molecule has 0 saturated heterocycles. The number of allylic oxidation sites excluding steroid dienone is 4. The van der Waals surface area contributed by atoms with Gasteiger partial charge in [-0.15, -0.1) is 0 Å². The van der Waals surface area contributed by atoms with Crippen molar-refractivity contribution in [2.45, 2.75) is 115 Å². The van der Waals surface area contributed by atoms with Crippen LogP contribution in [0, 0.1) is 22.7 Å². The summed E-state index contributed by atoms with van der Waals surface area (Å²) >= 11 is 2.06. The van der Waals surface area contributed by atoms with Gasteiger partial charge in [0.05, 0.1) is 17.8 Å². The van der Waals surface area contributed by atoms with Crippen molar-refractivity contribution in [2.24, 2.45) is 22.7 Å². The average Bonchev–Trinajstić information content (AvgIpc) is 3.15. The maximum atomic E-state index is 11.1. The van der Waals surface area contributed by atoms with Crippen LogP contribution in [0.15, 0.2) is 34.9 Å². The largest absolute Gasteiger partial charge is 0.393 e. The van der Waals surface area contributed by atoms with Gasteiger partial charge in [0.15, 0.2) is 0 Å². The van der Waals surface area contributed by atoms with Crippen molar-refractivity contribution in [1.82, 2.24) is 0 Å². The van der Waals surface area contributed by atoms with Gasteiger partial charge in [-0.2, -0.15) is 11.8 Å². The summed E-state index contributed by atoms with van der Waals surface area (Å²) < 4.78 is 0. The van der Waals surface area contributed by atoms with Gasteiger partial charge in [0, 0.05) is 17.1 Å². The molecule has 0 amide bonds. The fourth-order valence-corrected chi connectivity index (χ4v) is 8.86. The smallest absolute Gasteiger partial charge is 0.0661 e. The second-order valence-electron chi connectivity index (χ2n) is 11.8. The molecule has 4 aliphatic carbocycles. The van der Waals surface area contributed by atoms with Crippen LogP contribution in [0.25, 0.3) is 0 Å². The molecule has 0 radical (unpaired) electrons. The monoisotopic (exact) mass is 474 g/mol. The molecule has 3 unspecified atom stereocenters. The Morgan fingerprint density at radius 3 is 2.58 bits per heavy atom. The van der Waals surface area contributed by atoms with E-state index in [0.29, 0.717) is 29.9 Å².